The van der Waals surface area contributed by atoms with Gasteiger partial charge in [0.25, 0.3) is 0 Å². The summed E-state index contributed by atoms with van der Waals surface area (Å²) in [5.74, 6) is 0.846. The average Bonchev–Trinajstić information content (AvgIpc) is 2.12. The lowest BCUT2D eigenvalue weighted by Gasteiger charge is -2.11. The fraction of sp³-hybridized carbons (Fsp3) is 0.800. The fourth-order valence-electron chi connectivity index (χ4n) is 0.732. The molecule has 5 heteroatoms. The van der Waals surface area contributed by atoms with E-state index in [1.54, 1.807) is 0 Å². The van der Waals surface area contributed by atoms with Crippen molar-refractivity contribution in [2.24, 2.45) is 0 Å². The molecule has 0 saturated heterocycles. The van der Waals surface area contributed by atoms with Crippen molar-refractivity contribution in [1.82, 2.24) is 20.6 Å². The van der Waals surface area contributed by atoms with E-state index in [4.69, 9.17) is 0 Å². The maximum atomic E-state index is 3.89. The zero-order valence-electron chi connectivity index (χ0n) is 6.55. The van der Waals surface area contributed by atoms with Gasteiger partial charge < -0.3 is 0 Å². The van der Waals surface area contributed by atoms with Crippen LogP contribution in [0.2, 0.25) is 19.6 Å². The van der Waals surface area contributed by atoms with E-state index in [1.807, 2.05) is 0 Å². The largest absolute Gasteiger partial charge is 0.177 e. The van der Waals surface area contributed by atoms with Crippen LogP contribution in [-0.4, -0.2) is 28.7 Å². The molecule has 0 aliphatic heterocycles. The van der Waals surface area contributed by atoms with Gasteiger partial charge in [-0.1, -0.05) is 24.9 Å². The molecule has 0 aliphatic carbocycles. The molecule has 1 N–H and O–H groups in total. The lowest BCUT2D eigenvalue weighted by molar-refractivity contribution is 0.881. The lowest BCUT2D eigenvalue weighted by Crippen LogP contribution is -2.24. The summed E-state index contributed by atoms with van der Waals surface area (Å²) in [6, 6.07) is 1.00. The molecule has 4 nitrogen and oxygen atoms in total. The van der Waals surface area contributed by atoms with E-state index < -0.39 is 8.07 Å². The third kappa shape index (κ3) is 2.26. The number of aromatic amines is 1. The summed E-state index contributed by atoms with van der Waals surface area (Å²) in [6.45, 7) is 6.84. The predicted octanol–water partition coefficient (Wildman–Crippen LogP) is 0.620. The molecule has 0 spiro atoms. The van der Waals surface area contributed by atoms with Crippen molar-refractivity contribution in [2.45, 2.75) is 25.7 Å². The number of nitrogens with zero attached hydrogens (tertiary/aromatic N) is 3. The minimum Gasteiger partial charge on any atom is -0.177 e. The Balaban J connectivity index is 2.57. The maximum absolute atomic E-state index is 3.89. The van der Waals surface area contributed by atoms with Crippen LogP contribution in [0.1, 0.15) is 5.82 Å². The van der Waals surface area contributed by atoms with Crippen LogP contribution < -0.4 is 0 Å². The van der Waals surface area contributed by atoms with Crippen molar-refractivity contribution in [3.63, 3.8) is 0 Å². The summed E-state index contributed by atoms with van der Waals surface area (Å²) in [6.07, 6.45) is 0. The van der Waals surface area contributed by atoms with Crippen LogP contribution in [0.4, 0.5) is 0 Å². The fourth-order valence-corrected chi connectivity index (χ4v) is 1.83. The van der Waals surface area contributed by atoms with Gasteiger partial charge in [-0.3, -0.25) is 0 Å². The molecule has 0 aromatic carbocycles. The summed E-state index contributed by atoms with van der Waals surface area (Å²) in [4.78, 5) is 0. The number of hydrogen-bond acceptors (Lipinski definition) is 3. The zero-order chi connectivity index (χ0) is 7.61. The molecule has 1 aromatic rings. The van der Waals surface area contributed by atoms with Crippen LogP contribution in [0, 0.1) is 0 Å². The SMILES string of the molecule is C[Si](C)(C)Cc1nn[nH]n1. The lowest BCUT2D eigenvalue weighted by atomic mass is 10.7. The van der Waals surface area contributed by atoms with E-state index in [0.29, 0.717) is 0 Å². The Bertz CT molecular complexity index is 188. The van der Waals surface area contributed by atoms with E-state index in [1.165, 1.54) is 0 Å². The normalized spacial score (nSPS) is 11.9. The molecule has 1 rings (SSSR count). The van der Waals surface area contributed by atoms with Gasteiger partial charge in [-0.25, -0.2) is 0 Å². The zero-order valence-corrected chi connectivity index (χ0v) is 7.55. The highest BCUT2D eigenvalue weighted by molar-refractivity contribution is 6.75. The van der Waals surface area contributed by atoms with Crippen molar-refractivity contribution in [1.29, 1.82) is 0 Å². The number of aromatic nitrogens is 4. The third-order valence-corrected chi connectivity index (χ3v) is 2.45. The molecule has 1 heterocycles. The highest BCUT2D eigenvalue weighted by Gasteiger charge is 2.15. The summed E-state index contributed by atoms with van der Waals surface area (Å²) in [5.41, 5.74) is 0. The van der Waals surface area contributed by atoms with Gasteiger partial charge >= 0.3 is 0 Å². The van der Waals surface area contributed by atoms with Crippen LogP contribution in [0.3, 0.4) is 0 Å². The average molecular weight is 156 g/mol. The van der Waals surface area contributed by atoms with E-state index in [0.717, 1.165) is 11.9 Å². The molecule has 56 valence electrons. The summed E-state index contributed by atoms with van der Waals surface area (Å²) >= 11 is 0. The van der Waals surface area contributed by atoms with Gasteiger partial charge in [0.05, 0.1) is 8.07 Å². The first-order chi connectivity index (χ1) is 4.58. The highest BCUT2D eigenvalue weighted by atomic mass is 28.3. The van der Waals surface area contributed by atoms with Crippen LogP contribution in [-0.2, 0) is 6.04 Å². The monoisotopic (exact) mass is 156 g/mol. The van der Waals surface area contributed by atoms with Crippen LogP contribution >= 0.6 is 0 Å². The summed E-state index contributed by atoms with van der Waals surface area (Å²) in [5, 5.41) is 13.7. The Morgan fingerprint density at radius 3 is 2.50 bits per heavy atom. The highest BCUT2D eigenvalue weighted by Crippen LogP contribution is 2.05. The first kappa shape index (κ1) is 7.39. The number of rotatable bonds is 2. The van der Waals surface area contributed by atoms with Crippen molar-refractivity contribution in [3.05, 3.63) is 5.82 Å². The molecule has 0 radical (unpaired) electrons. The minimum absolute atomic E-state index is 0.846. The predicted molar refractivity (Wildman–Crippen MR) is 41.2 cm³/mol. The van der Waals surface area contributed by atoms with Crippen molar-refractivity contribution < 1.29 is 0 Å². The summed E-state index contributed by atoms with van der Waals surface area (Å²) < 4.78 is 0. The molecular formula is C5H12N4Si. The van der Waals surface area contributed by atoms with Crippen LogP contribution in [0.15, 0.2) is 0 Å². The number of H-pyrrole nitrogens is 1. The van der Waals surface area contributed by atoms with E-state index >= 15 is 0 Å². The van der Waals surface area contributed by atoms with Gasteiger partial charge in [0, 0.05) is 6.04 Å². The van der Waals surface area contributed by atoms with Crippen molar-refractivity contribution in [2.75, 3.05) is 0 Å². The smallest absolute Gasteiger partial charge is 0.171 e. The molecule has 0 aliphatic rings. The Morgan fingerprint density at radius 2 is 2.10 bits per heavy atom. The molecule has 1 aromatic heterocycles. The topological polar surface area (TPSA) is 54.5 Å². The molecule has 0 unspecified atom stereocenters. The quantitative estimate of drug-likeness (QED) is 0.639. The van der Waals surface area contributed by atoms with E-state index in [-0.39, 0.29) is 0 Å². The second kappa shape index (κ2) is 2.49. The van der Waals surface area contributed by atoms with Gasteiger partial charge in [-0.05, 0) is 0 Å². The van der Waals surface area contributed by atoms with Crippen molar-refractivity contribution in [3.8, 4) is 0 Å². The van der Waals surface area contributed by atoms with E-state index in [9.17, 15) is 0 Å². The maximum Gasteiger partial charge on any atom is 0.171 e. The second-order valence-corrected chi connectivity index (χ2v) is 9.04. The first-order valence-corrected chi connectivity index (χ1v) is 7.01. The van der Waals surface area contributed by atoms with Gasteiger partial charge in [0.15, 0.2) is 5.82 Å². The summed E-state index contributed by atoms with van der Waals surface area (Å²) in [7, 11) is -1.05. The standard InChI is InChI=1S/C5H12N4Si/c1-10(2,3)4-5-6-8-9-7-5/h4H2,1-3H3,(H,6,7,8,9). The molecule has 0 saturated carbocycles. The second-order valence-electron chi connectivity index (χ2n) is 3.57. The number of tetrazole rings is 1. The number of hydrogen-bond donors (Lipinski definition) is 1. The molecule has 10 heavy (non-hydrogen) atoms. The minimum atomic E-state index is -1.05. The molecule has 0 amide bonds. The third-order valence-electron chi connectivity index (χ3n) is 1.08. The Hall–Kier alpha value is -0.713. The molecule has 0 atom stereocenters. The van der Waals surface area contributed by atoms with Gasteiger partial charge in [0.2, 0.25) is 0 Å². The van der Waals surface area contributed by atoms with E-state index in [2.05, 4.69) is 40.3 Å². The van der Waals surface area contributed by atoms with Crippen molar-refractivity contribution >= 4 is 8.07 Å². The Labute approximate surface area is 61.0 Å². The van der Waals surface area contributed by atoms with Gasteiger partial charge in [-0.2, -0.15) is 5.21 Å². The molecular weight excluding hydrogens is 144 g/mol. The molecule has 0 fully saturated rings. The number of nitrogens with one attached hydrogen (secondary N) is 1. The Kier molecular flexibility index (Phi) is 1.84. The molecule has 0 bridgehead atoms. The Morgan fingerprint density at radius 1 is 1.40 bits per heavy atom. The first-order valence-electron chi connectivity index (χ1n) is 3.30. The van der Waals surface area contributed by atoms with Gasteiger partial charge in [-0.15, -0.1) is 10.2 Å². The van der Waals surface area contributed by atoms with Crippen LogP contribution in [0.5, 0.6) is 0 Å². The van der Waals surface area contributed by atoms with Gasteiger partial charge in [0.1, 0.15) is 0 Å². The van der Waals surface area contributed by atoms with Crippen LogP contribution in [0.25, 0.3) is 0 Å².